The molecule has 28 heavy (non-hydrogen) atoms. The van der Waals surface area contributed by atoms with Gasteiger partial charge in [0.15, 0.2) is 5.96 Å². The molecule has 6 nitrogen and oxygen atoms in total. The second kappa shape index (κ2) is 11.5. The Bertz CT molecular complexity index is 646. The van der Waals surface area contributed by atoms with Crippen LogP contribution in [0.3, 0.4) is 0 Å². The van der Waals surface area contributed by atoms with Gasteiger partial charge in [-0.1, -0.05) is 38.1 Å². The van der Waals surface area contributed by atoms with E-state index in [0.29, 0.717) is 30.5 Å². The minimum atomic E-state index is -4.34. The standard InChI is InChI=1S/C19H29F3N4O2/c1-14(2)9-23-18(25-11-17(27)26(3)4)24-10-15-6-5-7-16(8-15)12-28-13-19(20,21)22/h5-8,14H,9-13H2,1-4H3,(H2,23,24,25). The van der Waals surface area contributed by atoms with Gasteiger partial charge in [0, 0.05) is 20.6 Å². The van der Waals surface area contributed by atoms with Crippen LogP contribution in [-0.2, 0) is 22.7 Å². The SMILES string of the molecule is CC(C)CNC(=NCc1cccc(COCC(F)(F)F)c1)NCC(=O)N(C)C. The zero-order valence-electron chi connectivity index (χ0n) is 16.8. The summed E-state index contributed by atoms with van der Waals surface area (Å²) >= 11 is 0. The molecule has 0 aliphatic heterocycles. The Morgan fingerprint density at radius 2 is 1.89 bits per heavy atom. The zero-order valence-corrected chi connectivity index (χ0v) is 16.8. The molecule has 1 amide bonds. The van der Waals surface area contributed by atoms with E-state index in [1.54, 1.807) is 32.3 Å². The summed E-state index contributed by atoms with van der Waals surface area (Å²) in [5, 5.41) is 6.16. The van der Waals surface area contributed by atoms with E-state index >= 15 is 0 Å². The highest BCUT2D eigenvalue weighted by Crippen LogP contribution is 2.16. The number of aliphatic imine (C=N–C) groups is 1. The Morgan fingerprint density at radius 3 is 2.50 bits per heavy atom. The van der Waals surface area contributed by atoms with Crippen LogP contribution in [0.25, 0.3) is 0 Å². The van der Waals surface area contributed by atoms with Gasteiger partial charge in [0.2, 0.25) is 5.91 Å². The Balaban J connectivity index is 2.69. The minimum absolute atomic E-state index is 0.0807. The molecule has 0 spiro atoms. The highest BCUT2D eigenvalue weighted by Gasteiger charge is 2.27. The fraction of sp³-hybridized carbons (Fsp3) is 0.579. The molecule has 0 atom stereocenters. The molecule has 0 fully saturated rings. The maximum absolute atomic E-state index is 12.2. The van der Waals surface area contributed by atoms with Gasteiger partial charge in [-0.2, -0.15) is 13.2 Å². The van der Waals surface area contributed by atoms with E-state index in [4.69, 9.17) is 0 Å². The summed E-state index contributed by atoms with van der Waals surface area (Å²) in [6.45, 7) is 3.83. The molecule has 158 valence electrons. The summed E-state index contributed by atoms with van der Waals surface area (Å²) in [7, 11) is 3.35. The van der Waals surface area contributed by atoms with Crippen molar-refractivity contribution in [1.29, 1.82) is 0 Å². The summed E-state index contributed by atoms with van der Waals surface area (Å²) in [5.74, 6) is 0.816. The third-order valence-corrected chi connectivity index (χ3v) is 3.53. The highest BCUT2D eigenvalue weighted by atomic mass is 19.4. The van der Waals surface area contributed by atoms with Crippen LogP contribution in [0.5, 0.6) is 0 Å². The topological polar surface area (TPSA) is 66.0 Å². The number of rotatable bonds is 9. The molecule has 0 saturated carbocycles. The van der Waals surface area contributed by atoms with Crippen molar-refractivity contribution < 1.29 is 22.7 Å². The first-order valence-corrected chi connectivity index (χ1v) is 9.01. The number of ether oxygens (including phenoxy) is 1. The molecule has 0 aliphatic carbocycles. The lowest BCUT2D eigenvalue weighted by atomic mass is 10.1. The molecule has 1 aromatic carbocycles. The Morgan fingerprint density at radius 1 is 1.21 bits per heavy atom. The maximum Gasteiger partial charge on any atom is 0.411 e. The number of hydrogen-bond donors (Lipinski definition) is 2. The van der Waals surface area contributed by atoms with Gasteiger partial charge in [-0.05, 0) is 17.0 Å². The van der Waals surface area contributed by atoms with Crippen LogP contribution in [0.4, 0.5) is 13.2 Å². The maximum atomic E-state index is 12.2. The number of nitrogens with zero attached hydrogens (tertiary/aromatic N) is 2. The molecule has 1 rings (SSSR count). The van der Waals surface area contributed by atoms with Crippen molar-refractivity contribution in [3.63, 3.8) is 0 Å². The second-order valence-corrected chi connectivity index (χ2v) is 7.01. The summed E-state index contributed by atoms with van der Waals surface area (Å²) in [5.41, 5.74) is 1.47. The fourth-order valence-corrected chi connectivity index (χ4v) is 2.07. The average molecular weight is 402 g/mol. The lowest BCUT2D eigenvalue weighted by molar-refractivity contribution is -0.176. The second-order valence-electron chi connectivity index (χ2n) is 7.01. The van der Waals surface area contributed by atoms with E-state index < -0.39 is 12.8 Å². The van der Waals surface area contributed by atoms with Crippen molar-refractivity contribution in [2.45, 2.75) is 33.2 Å². The molecule has 0 heterocycles. The van der Waals surface area contributed by atoms with E-state index in [1.807, 2.05) is 6.07 Å². The molecule has 0 aliphatic rings. The molecule has 0 saturated heterocycles. The number of likely N-dealkylation sites (N-methyl/N-ethyl adjacent to an activating group) is 1. The van der Waals surface area contributed by atoms with Crippen LogP contribution in [0.2, 0.25) is 0 Å². The molecular formula is C19H29F3N4O2. The van der Waals surface area contributed by atoms with Crippen molar-refractivity contribution in [3.05, 3.63) is 35.4 Å². The Hall–Kier alpha value is -2.29. The van der Waals surface area contributed by atoms with Crippen molar-refractivity contribution in [3.8, 4) is 0 Å². The predicted molar refractivity (Wildman–Crippen MR) is 103 cm³/mol. The third-order valence-electron chi connectivity index (χ3n) is 3.53. The molecule has 0 radical (unpaired) electrons. The number of benzene rings is 1. The molecule has 2 N–H and O–H groups in total. The van der Waals surface area contributed by atoms with E-state index in [0.717, 1.165) is 5.56 Å². The van der Waals surface area contributed by atoms with Gasteiger partial charge in [-0.25, -0.2) is 4.99 Å². The van der Waals surface area contributed by atoms with E-state index in [9.17, 15) is 18.0 Å². The van der Waals surface area contributed by atoms with E-state index in [2.05, 4.69) is 34.2 Å². The first kappa shape index (κ1) is 23.7. The van der Waals surface area contributed by atoms with Gasteiger partial charge in [-0.3, -0.25) is 4.79 Å². The number of nitrogens with one attached hydrogen (secondary N) is 2. The van der Waals surface area contributed by atoms with Crippen LogP contribution >= 0.6 is 0 Å². The summed E-state index contributed by atoms with van der Waals surface area (Å²) in [6, 6.07) is 7.05. The number of guanidine groups is 1. The van der Waals surface area contributed by atoms with Crippen LogP contribution in [0.15, 0.2) is 29.3 Å². The number of amides is 1. The van der Waals surface area contributed by atoms with Crippen LogP contribution in [0.1, 0.15) is 25.0 Å². The Labute approximate surface area is 164 Å². The van der Waals surface area contributed by atoms with Gasteiger partial charge in [0.25, 0.3) is 0 Å². The van der Waals surface area contributed by atoms with Crippen LogP contribution in [-0.4, -0.2) is 56.7 Å². The molecular weight excluding hydrogens is 373 g/mol. The van der Waals surface area contributed by atoms with Crippen LogP contribution < -0.4 is 10.6 Å². The molecule has 0 unspecified atom stereocenters. The number of carbonyl (C=O) groups is 1. The van der Waals surface area contributed by atoms with Crippen LogP contribution in [0, 0.1) is 5.92 Å². The summed E-state index contributed by atoms with van der Waals surface area (Å²) < 4.78 is 41.2. The normalized spacial score (nSPS) is 12.2. The monoisotopic (exact) mass is 402 g/mol. The first-order chi connectivity index (χ1) is 13.1. The fourth-order valence-electron chi connectivity index (χ4n) is 2.07. The van der Waals surface area contributed by atoms with Gasteiger partial charge >= 0.3 is 6.18 Å². The quantitative estimate of drug-likeness (QED) is 0.492. The zero-order chi connectivity index (χ0) is 21.2. The lowest BCUT2D eigenvalue weighted by Crippen LogP contribution is -2.44. The number of halogens is 3. The van der Waals surface area contributed by atoms with Crippen molar-refractivity contribution in [2.75, 3.05) is 33.8 Å². The highest BCUT2D eigenvalue weighted by molar-refractivity contribution is 5.86. The number of alkyl halides is 3. The van der Waals surface area contributed by atoms with Crippen molar-refractivity contribution in [1.82, 2.24) is 15.5 Å². The minimum Gasteiger partial charge on any atom is -0.367 e. The molecule has 0 bridgehead atoms. The molecule has 0 aromatic heterocycles. The van der Waals surface area contributed by atoms with Crippen molar-refractivity contribution >= 4 is 11.9 Å². The third kappa shape index (κ3) is 10.8. The van der Waals surface area contributed by atoms with E-state index in [1.165, 1.54) is 4.90 Å². The van der Waals surface area contributed by atoms with Gasteiger partial charge in [-0.15, -0.1) is 0 Å². The Kier molecular flexibility index (Phi) is 9.78. The first-order valence-electron chi connectivity index (χ1n) is 9.01. The predicted octanol–water partition coefficient (Wildman–Crippen LogP) is 2.54. The van der Waals surface area contributed by atoms with Gasteiger partial charge in [0.05, 0.1) is 19.7 Å². The van der Waals surface area contributed by atoms with Crippen molar-refractivity contribution in [2.24, 2.45) is 10.9 Å². The van der Waals surface area contributed by atoms with Gasteiger partial charge in [0.1, 0.15) is 6.61 Å². The molecule has 9 heteroatoms. The summed E-state index contributed by atoms with van der Waals surface area (Å²) in [6.07, 6.45) is -4.34. The molecule has 1 aromatic rings. The summed E-state index contributed by atoms with van der Waals surface area (Å²) in [4.78, 5) is 17.7. The van der Waals surface area contributed by atoms with E-state index in [-0.39, 0.29) is 19.1 Å². The number of carbonyl (C=O) groups excluding carboxylic acids is 1. The van der Waals surface area contributed by atoms with Gasteiger partial charge < -0.3 is 20.3 Å². The average Bonchev–Trinajstić information content (AvgIpc) is 2.59. The smallest absolute Gasteiger partial charge is 0.367 e. The number of hydrogen-bond acceptors (Lipinski definition) is 3. The largest absolute Gasteiger partial charge is 0.411 e. The lowest BCUT2D eigenvalue weighted by Gasteiger charge is -2.16.